The minimum atomic E-state index is -0.346. The van der Waals surface area contributed by atoms with E-state index in [9.17, 15) is 4.79 Å². The second-order valence-electron chi connectivity index (χ2n) is 6.71. The molecule has 9 nitrogen and oxygen atoms in total. The van der Waals surface area contributed by atoms with Gasteiger partial charge in [-0.1, -0.05) is 23.7 Å². The van der Waals surface area contributed by atoms with Crippen LogP contribution in [0.3, 0.4) is 0 Å². The maximum absolute atomic E-state index is 12.3. The number of carbonyl (C=O) groups excluding carboxylic acids is 1. The molecule has 154 valence electrons. The number of hydrogen-bond donors (Lipinski definition) is 3. The van der Waals surface area contributed by atoms with Crippen molar-refractivity contribution in [3.8, 4) is 0 Å². The van der Waals surface area contributed by atoms with Crippen LogP contribution in [0.25, 0.3) is 0 Å². The highest BCUT2D eigenvalue weighted by molar-refractivity contribution is 6.30. The van der Waals surface area contributed by atoms with Gasteiger partial charge in [-0.3, -0.25) is 15.6 Å². The van der Waals surface area contributed by atoms with Gasteiger partial charge in [0.1, 0.15) is 17.8 Å². The van der Waals surface area contributed by atoms with Gasteiger partial charge >= 0.3 is 0 Å². The molecule has 4 N–H and O–H groups in total. The van der Waals surface area contributed by atoms with Gasteiger partial charge in [-0.15, -0.1) is 0 Å². The van der Waals surface area contributed by atoms with Crippen LogP contribution in [0.15, 0.2) is 55.0 Å². The van der Waals surface area contributed by atoms with Gasteiger partial charge in [0, 0.05) is 43.0 Å². The Morgan fingerprint density at radius 1 is 1.00 bits per heavy atom. The highest BCUT2D eigenvalue weighted by Crippen LogP contribution is 2.27. The number of rotatable bonds is 5. The molecule has 0 saturated carbocycles. The second-order valence-corrected chi connectivity index (χ2v) is 7.15. The number of pyridine rings is 1. The van der Waals surface area contributed by atoms with Crippen LogP contribution in [0.5, 0.6) is 0 Å². The number of nitrogens with zero attached hydrogens (tertiary/aromatic N) is 5. The standard InChI is InChI=1S/C20H21ClN8O/c21-15-5-3-4-14(12-15)20(30)27-26-18-17(22)19(25-13-24-18)29-10-8-28(9-11-29)16-6-1-2-7-23-16/h1-7,12-13H,8-11,22H2,(H,27,30)(H,24,25,26). The Kier molecular flexibility index (Phi) is 5.80. The number of carbonyl (C=O) groups is 1. The SMILES string of the molecule is Nc1c(NNC(=O)c2cccc(Cl)c2)ncnc1N1CCN(c2ccccn2)CC1. The first-order chi connectivity index (χ1) is 14.6. The lowest BCUT2D eigenvalue weighted by molar-refractivity contribution is 0.0962. The summed E-state index contributed by atoms with van der Waals surface area (Å²) < 4.78 is 0. The molecule has 0 radical (unpaired) electrons. The summed E-state index contributed by atoms with van der Waals surface area (Å²) in [7, 11) is 0. The lowest BCUT2D eigenvalue weighted by Gasteiger charge is -2.36. The monoisotopic (exact) mass is 424 g/mol. The first kappa shape index (κ1) is 19.7. The third-order valence-electron chi connectivity index (χ3n) is 4.80. The smallest absolute Gasteiger partial charge is 0.269 e. The number of amides is 1. The molecule has 0 spiro atoms. The Labute approximate surface area is 178 Å². The molecular weight excluding hydrogens is 404 g/mol. The van der Waals surface area contributed by atoms with Gasteiger partial charge in [-0.2, -0.15) is 0 Å². The number of piperazine rings is 1. The number of hydrogen-bond acceptors (Lipinski definition) is 8. The third-order valence-corrected chi connectivity index (χ3v) is 5.03. The largest absolute Gasteiger partial charge is 0.393 e. The van der Waals surface area contributed by atoms with Gasteiger partial charge in [0.15, 0.2) is 11.6 Å². The van der Waals surface area contributed by atoms with Crippen LogP contribution in [0.4, 0.5) is 23.1 Å². The number of hydrazine groups is 1. The number of nitrogen functional groups attached to an aromatic ring is 1. The summed E-state index contributed by atoms with van der Waals surface area (Å²) in [5, 5.41) is 0.483. The highest BCUT2D eigenvalue weighted by Gasteiger charge is 2.22. The first-order valence-corrected chi connectivity index (χ1v) is 9.83. The molecule has 1 aliphatic rings. The normalized spacial score (nSPS) is 13.8. The lowest BCUT2D eigenvalue weighted by Crippen LogP contribution is -2.47. The summed E-state index contributed by atoms with van der Waals surface area (Å²) in [5.41, 5.74) is 12.4. The zero-order valence-electron chi connectivity index (χ0n) is 16.1. The van der Waals surface area contributed by atoms with E-state index in [0.29, 0.717) is 27.9 Å². The zero-order chi connectivity index (χ0) is 20.9. The van der Waals surface area contributed by atoms with Gasteiger partial charge in [-0.05, 0) is 30.3 Å². The maximum atomic E-state index is 12.3. The van der Waals surface area contributed by atoms with Crippen LogP contribution < -0.4 is 26.4 Å². The molecule has 1 aromatic carbocycles. The molecule has 3 heterocycles. The molecule has 0 unspecified atom stereocenters. The van der Waals surface area contributed by atoms with E-state index >= 15 is 0 Å². The van der Waals surface area contributed by atoms with Gasteiger partial charge in [0.05, 0.1) is 0 Å². The quantitative estimate of drug-likeness (QED) is 0.534. The minimum Gasteiger partial charge on any atom is -0.393 e. The molecule has 1 amide bonds. The molecule has 0 aliphatic carbocycles. The molecule has 30 heavy (non-hydrogen) atoms. The highest BCUT2D eigenvalue weighted by atomic mass is 35.5. The van der Waals surface area contributed by atoms with E-state index < -0.39 is 0 Å². The molecule has 10 heteroatoms. The van der Waals surface area contributed by atoms with Crippen LogP contribution in [0, 0.1) is 0 Å². The zero-order valence-corrected chi connectivity index (χ0v) is 16.9. The summed E-state index contributed by atoms with van der Waals surface area (Å²) >= 11 is 5.93. The topological polar surface area (TPSA) is 112 Å². The molecule has 4 rings (SSSR count). The van der Waals surface area contributed by atoms with Crippen LogP contribution >= 0.6 is 11.6 Å². The van der Waals surface area contributed by atoms with E-state index in [4.69, 9.17) is 17.3 Å². The molecule has 1 aliphatic heterocycles. The predicted octanol–water partition coefficient (Wildman–Crippen LogP) is 2.19. The van der Waals surface area contributed by atoms with E-state index in [1.54, 1.807) is 30.5 Å². The summed E-state index contributed by atoms with van der Waals surface area (Å²) in [6.07, 6.45) is 3.21. The predicted molar refractivity (Wildman–Crippen MR) is 118 cm³/mol. The van der Waals surface area contributed by atoms with Crippen LogP contribution in [0.1, 0.15) is 10.4 Å². The van der Waals surface area contributed by atoms with Crippen LogP contribution in [-0.2, 0) is 0 Å². The molecular formula is C20H21ClN8O. The summed E-state index contributed by atoms with van der Waals surface area (Å²) in [5.74, 6) is 1.58. The fraction of sp³-hybridized carbons (Fsp3) is 0.200. The number of nitrogens with one attached hydrogen (secondary N) is 2. The number of anilines is 4. The second kappa shape index (κ2) is 8.83. The van der Waals surface area contributed by atoms with Crippen LogP contribution in [-0.4, -0.2) is 47.0 Å². The fourth-order valence-electron chi connectivity index (χ4n) is 3.24. The summed E-state index contributed by atoms with van der Waals surface area (Å²) in [4.78, 5) is 29.5. The minimum absolute atomic E-state index is 0.336. The van der Waals surface area contributed by atoms with E-state index in [1.165, 1.54) is 6.33 Å². The van der Waals surface area contributed by atoms with Gasteiger partial charge in [0.25, 0.3) is 5.91 Å². The summed E-state index contributed by atoms with van der Waals surface area (Å²) in [6, 6.07) is 12.5. The van der Waals surface area contributed by atoms with E-state index in [-0.39, 0.29) is 5.91 Å². The van der Waals surface area contributed by atoms with Crippen molar-refractivity contribution in [2.45, 2.75) is 0 Å². The number of nitrogens with two attached hydrogens (primary N) is 1. The van der Waals surface area contributed by atoms with Crippen molar-refractivity contribution < 1.29 is 4.79 Å². The van der Waals surface area contributed by atoms with E-state index in [1.807, 2.05) is 18.2 Å². The number of benzene rings is 1. The first-order valence-electron chi connectivity index (χ1n) is 9.45. The van der Waals surface area contributed by atoms with E-state index in [2.05, 4.69) is 35.6 Å². The van der Waals surface area contributed by atoms with Crippen molar-refractivity contribution in [2.24, 2.45) is 0 Å². The molecule has 2 aromatic heterocycles. The average molecular weight is 425 g/mol. The Hall–Kier alpha value is -3.59. The van der Waals surface area contributed by atoms with Crippen molar-refractivity contribution in [1.82, 2.24) is 20.4 Å². The molecule has 1 saturated heterocycles. The van der Waals surface area contributed by atoms with Gasteiger partial charge in [0.2, 0.25) is 0 Å². The third kappa shape index (κ3) is 4.36. The Morgan fingerprint density at radius 3 is 2.53 bits per heavy atom. The van der Waals surface area contributed by atoms with Crippen molar-refractivity contribution in [3.63, 3.8) is 0 Å². The molecule has 1 fully saturated rings. The molecule has 0 atom stereocenters. The Balaban J connectivity index is 1.40. The summed E-state index contributed by atoms with van der Waals surface area (Å²) in [6.45, 7) is 3.08. The van der Waals surface area contributed by atoms with E-state index in [0.717, 1.165) is 32.0 Å². The Morgan fingerprint density at radius 2 is 1.80 bits per heavy atom. The van der Waals surface area contributed by atoms with Crippen molar-refractivity contribution >= 4 is 40.6 Å². The van der Waals surface area contributed by atoms with Crippen molar-refractivity contribution in [3.05, 3.63) is 65.6 Å². The van der Waals surface area contributed by atoms with Gasteiger partial charge < -0.3 is 15.5 Å². The number of halogens is 1. The Bertz CT molecular complexity index is 1020. The fourth-order valence-corrected chi connectivity index (χ4v) is 3.43. The number of aromatic nitrogens is 3. The van der Waals surface area contributed by atoms with Gasteiger partial charge in [-0.25, -0.2) is 15.0 Å². The van der Waals surface area contributed by atoms with Crippen LogP contribution in [0.2, 0.25) is 5.02 Å². The molecule has 0 bridgehead atoms. The molecule has 3 aromatic rings. The lowest BCUT2D eigenvalue weighted by atomic mass is 10.2. The maximum Gasteiger partial charge on any atom is 0.269 e. The van der Waals surface area contributed by atoms with Crippen molar-refractivity contribution in [2.75, 3.05) is 47.1 Å². The van der Waals surface area contributed by atoms with Crippen molar-refractivity contribution in [1.29, 1.82) is 0 Å². The average Bonchev–Trinajstić information content (AvgIpc) is 2.79.